The van der Waals surface area contributed by atoms with E-state index < -0.39 is 12.3 Å². The van der Waals surface area contributed by atoms with Gasteiger partial charge in [-0.2, -0.15) is 0 Å². The van der Waals surface area contributed by atoms with E-state index in [2.05, 4.69) is 67.4 Å². The summed E-state index contributed by atoms with van der Waals surface area (Å²) in [6, 6.07) is 24.9. The molecule has 3 fully saturated rings. The Balaban J connectivity index is 1.17. The molecule has 1 saturated carbocycles. The van der Waals surface area contributed by atoms with Gasteiger partial charge in [-0.05, 0) is 64.0 Å². The van der Waals surface area contributed by atoms with Gasteiger partial charge in [-0.3, -0.25) is 14.5 Å². The normalized spacial score (nSPS) is 27.0. The number of fused-ring (bicyclic) bond motifs is 2. The topological polar surface area (TPSA) is 108 Å². The van der Waals surface area contributed by atoms with Gasteiger partial charge in [0.05, 0.1) is 25.2 Å². The molecule has 8 nitrogen and oxygen atoms in total. The highest BCUT2D eigenvalue weighted by molar-refractivity contribution is 5.80. The Labute approximate surface area is 278 Å². The monoisotopic (exact) mass is 640 g/mol. The fourth-order valence-electron chi connectivity index (χ4n) is 8.29. The van der Waals surface area contributed by atoms with E-state index in [-0.39, 0.29) is 37.6 Å². The number of carbonyl (C=O) groups is 2. The number of nitrogens with one attached hydrogen (secondary N) is 1. The van der Waals surface area contributed by atoms with Crippen LogP contribution in [0.1, 0.15) is 93.9 Å². The summed E-state index contributed by atoms with van der Waals surface area (Å²) in [4.78, 5) is 25.4. The summed E-state index contributed by atoms with van der Waals surface area (Å²) >= 11 is 0. The van der Waals surface area contributed by atoms with Gasteiger partial charge >= 0.3 is 5.97 Å². The first-order chi connectivity index (χ1) is 22.5. The summed E-state index contributed by atoms with van der Waals surface area (Å²) in [6.45, 7) is 9.64. The van der Waals surface area contributed by atoms with Crippen molar-refractivity contribution in [1.29, 1.82) is 0 Å². The van der Waals surface area contributed by atoms with Gasteiger partial charge in [-0.25, -0.2) is 0 Å². The third kappa shape index (κ3) is 8.30. The Morgan fingerprint density at radius 2 is 1.64 bits per heavy atom. The molecule has 3 aromatic rings. The molecule has 250 valence electrons. The molecule has 6 rings (SSSR count). The summed E-state index contributed by atoms with van der Waals surface area (Å²) in [6.07, 6.45) is 3.69. The second kappa shape index (κ2) is 13.9. The molecule has 2 unspecified atom stereocenters. The standard InChI is InChI=1S/C39H48N2O6/c1-38(2)19-32-20-39(3,24-38)25-41(32)22-33-18-34(29-9-7-26(23-42)8-10-29)47-37(46-33)30-13-11-28(12-14-30)31-6-4-5-27(17-31)21-40-35(43)15-16-36(44)45/h4-14,17,32-34,37,42H,15-16,18-25H2,1-3H3,(H,40,43)(H,44,45)/t32?,33-,34+,37+,39?/m1/s1. The van der Waals surface area contributed by atoms with E-state index in [0.29, 0.717) is 23.4 Å². The third-order valence-corrected chi connectivity index (χ3v) is 10.1. The van der Waals surface area contributed by atoms with Gasteiger partial charge in [0.2, 0.25) is 5.91 Å². The van der Waals surface area contributed by atoms with Crippen molar-refractivity contribution >= 4 is 11.9 Å². The van der Waals surface area contributed by atoms with Crippen molar-refractivity contribution in [2.75, 3.05) is 13.1 Å². The van der Waals surface area contributed by atoms with Crippen LogP contribution in [0.25, 0.3) is 11.1 Å². The number of carboxylic acids is 1. The maximum Gasteiger partial charge on any atom is 0.303 e. The van der Waals surface area contributed by atoms with E-state index in [9.17, 15) is 14.7 Å². The number of benzene rings is 3. The van der Waals surface area contributed by atoms with Crippen LogP contribution in [0.2, 0.25) is 0 Å². The summed E-state index contributed by atoms with van der Waals surface area (Å²) in [7, 11) is 0. The molecule has 3 aromatic carbocycles. The maximum absolute atomic E-state index is 12.0. The Morgan fingerprint density at radius 3 is 2.36 bits per heavy atom. The quantitative estimate of drug-likeness (QED) is 0.212. The number of nitrogens with zero attached hydrogens (tertiary/aromatic N) is 1. The molecular formula is C39H48N2O6. The molecule has 3 aliphatic rings. The number of aliphatic hydroxyl groups is 1. The number of aliphatic hydroxyl groups excluding tert-OH is 1. The van der Waals surface area contributed by atoms with Gasteiger partial charge in [-0.1, -0.05) is 87.5 Å². The van der Waals surface area contributed by atoms with Crippen LogP contribution in [0.4, 0.5) is 0 Å². The Bertz CT molecular complexity index is 1550. The van der Waals surface area contributed by atoms with Crippen molar-refractivity contribution in [2.24, 2.45) is 10.8 Å². The van der Waals surface area contributed by atoms with Crippen LogP contribution < -0.4 is 5.32 Å². The zero-order chi connectivity index (χ0) is 33.2. The molecule has 1 aliphatic carbocycles. The molecule has 3 N–H and O–H groups in total. The number of likely N-dealkylation sites (tertiary alicyclic amines) is 1. The number of ether oxygens (including phenoxy) is 2. The van der Waals surface area contributed by atoms with Crippen molar-refractivity contribution in [3.8, 4) is 11.1 Å². The van der Waals surface area contributed by atoms with Crippen LogP contribution in [0.5, 0.6) is 0 Å². The van der Waals surface area contributed by atoms with Crippen molar-refractivity contribution < 1.29 is 29.3 Å². The number of aliphatic carboxylic acids is 1. The zero-order valence-electron chi connectivity index (χ0n) is 27.8. The first-order valence-electron chi connectivity index (χ1n) is 16.9. The predicted octanol–water partition coefficient (Wildman–Crippen LogP) is 6.77. The average Bonchev–Trinajstić information content (AvgIpc) is 3.29. The smallest absolute Gasteiger partial charge is 0.303 e. The molecule has 2 heterocycles. The summed E-state index contributed by atoms with van der Waals surface area (Å²) in [5.41, 5.74) is 6.66. The van der Waals surface area contributed by atoms with Crippen LogP contribution in [0, 0.1) is 10.8 Å². The molecule has 5 atom stereocenters. The molecule has 0 radical (unpaired) electrons. The minimum absolute atomic E-state index is 0.0162. The van der Waals surface area contributed by atoms with Crippen molar-refractivity contribution in [3.05, 3.63) is 95.1 Å². The lowest BCUT2D eigenvalue weighted by atomic mass is 9.65. The van der Waals surface area contributed by atoms with Crippen LogP contribution in [0.15, 0.2) is 72.8 Å². The van der Waals surface area contributed by atoms with E-state index in [4.69, 9.17) is 14.6 Å². The van der Waals surface area contributed by atoms with Gasteiger partial charge in [0, 0.05) is 44.1 Å². The molecule has 0 spiro atoms. The third-order valence-electron chi connectivity index (χ3n) is 10.1. The highest BCUT2D eigenvalue weighted by Crippen LogP contribution is 2.53. The Morgan fingerprint density at radius 1 is 0.894 bits per heavy atom. The van der Waals surface area contributed by atoms with E-state index in [1.54, 1.807) is 0 Å². The fourth-order valence-corrected chi connectivity index (χ4v) is 8.29. The van der Waals surface area contributed by atoms with E-state index in [1.807, 2.05) is 36.4 Å². The lowest BCUT2D eigenvalue weighted by molar-refractivity contribution is -0.253. The minimum Gasteiger partial charge on any atom is -0.481 e. The molecule has 1 amide bonds. The first kappa shape index (κ1) is 33.3. The van der Waals surface area contributed by atoms with Crippen molar-refractivity contribution in [2.45, 2.75) is 97.0 Å². The number of carbonyl (C=O) groups excluding carboxylic acids is 1. The Hall–Kier alpha value is -3.56. The maximum atomic E-state index is 12.0. The molecule has 8 heteroatoms. The van der Waals surface area contributed by atoms with E-state index >= 15 is 0 Å². The van der Waals surface area contributed by atoms with Gasteiger partial charge in [0.15, 0.2) is 6.29 Å². The minimum atomic E-state index is -0.982. The van der Waals surface area contributed by atoms with E-state index in [0.717, 1.165) is 52.9 Å². The fraction of sp³-hybridized carbons (Fsp3) is 0.487. The van der Waals surface area contributed by atoms with Gasteiger partial charge < -0.3 is 25.0 Å². The van der Waals surface area contributed by atoms with Crippen LogP contribution in [-0.2, 0) is 32.2 Å². The molecule has 2 aliphatic heterocycles. The highest BCUT2D eigenvalue weighted by Gasteiger charge is 2.50. The highest BCUT2D eigenvalue weighted by atomic mass is 16.7. The Kier molecular flexibility index (Phi) is 9.85. The SMILES string of the molecule is CC1(C)CC2CC(C)(CN2C[C@H]2C[C@@H](c3ccc(CO)cc3)O[C@@H](c3ccc(-c4cccc(CNC(=O)CCC(=O)O)c4)cc3)O2)C1. The lowest BCUT2D eigenvalue weighted by Gasteiger charge is -2.41. The summed E-state index contributed by atoms with van der Waals surface area (Å²) in [5, 5.41) is 21.2. The van der Waals surface area contributed by atoms with Crippen LogP contribution in [0.3, 0.4) is 0 Å². The molecule has 2 saturated heterocycles. The number of rotatable bonds is 11. The van der Waals surface area contributed by atoms with E-state index in [1.165, 1.54) is 19.3 Å². The predicted molar refractivity (Wildman–Crippen MR) is 180 cm³/mol. The summed E-state index contributed by atoms with van der Waals surface area (Å²) in [5.74, 6) is -1.26. The van der Waals surface area contributed by atoms with Crippen molar-refractivity contribution in [1.82, 2.24) is 10.2 Å². The largest absolute Gasteiger partial charge is 0.481 e. The average molecular weight is 641 g/mol. The van der Waals surface area contributed by atoms with Crippen LogP contribution >= 0.6 is 0 Å². The van der Waals surface area contributed by atoms with Crippen LogP contribution in [-0.4, -0.2) is 52.2 Å². The second-order valence-corrected chi connectivity index (χ2v) is 15.0. The zero-order valence-corrected chi connectivity index (χ0v) is 27.8. The second-order valence-electron chi connectivity index (χ2n) is 15.0. The number of hydrogen-bond acceptors (Lipinski definition) is 6. The van der Waals surface area contributed by atoms with Gasteiger partial charge in [0.25, 0.3) is 0 Å². The van der Waals surface area contributed by atoms with Crippen molar-refractivity contribution in [3.63, 3.8) is 0 Å². The van der Waals surface area contributed by atoms with Gasteiger partial charge in [-0.15, -0.1) is 0 Å². The van der Waals surface area contributed by atoms with Gasteiger partial charge in [0.1, 0.15) is 0 Å². The molecule has 0 aromatic heterocycles. The summed E-state index contributed by atoms with van der Waals surface area (Å²) < 4.78 is 13.4. The number of hydrogen-bond donors (Lipinski definition) is 3. The number of carboxylic acid groups (broad SMARTS) is 1. The molecule has 2 bridgehead atoms. The molecule has 47 heavy (non-hydrogen) atoms. The first-order valence-corrected chi connectivity index (χ1v) is 16.9. The lowest BCUT2D eigenvalue weighted by Crippen LogP contribution is -2.42. The molecular weight excluding hydrogens is 592 g/mol. The number of amides is 1.